The second kappa shape index (κ2) is 11.7. The molecule has 0 amide bonds. The summed E-state index contributed by atoms with van der Waals surface area (Å²) in [5, 5.41) is -0.250. The summed E-state index contributed by atoms with van der Waals surface area (Å²) >= 11 is 3.98. The largest absolute Gasteiger partial charge is 0.742 e. The first kappa shape index (κ1) is 16.5. The van der Waals surface area contributed by atoms with Gasteiger partial charge in [0, 0.05) is 37.8 Å². The van der Waals surface area contributed by atoms with Crippen molar-refractivity contribution in [1.82, 2.24) is 0 Å². The summed E-state index contributed by atoms with van der Waals surface area (Å²) in [6, 6.07) is 0. The zero-order valence-electron chi connectivity index (χ0n) is 6.39. The van der Waals surface area contributed by atoms with Gasteiger partial charge in [-0.05, 0) is 6.92 Å². The Bertz CT molecular complexity index is 57.3. The van der Waals surface area contributed by atoms with Crippen LogP contribution in [0.4, 0.5) is 0 Å². The van der Waals surface area contributed by atoms with E-state index in [-0.39, 0.29) is 37.8 Å². The fourth-order valence-corrected chi connectivity index (χ4v) is 0. The third-order valence-electron chi connectivity index (χ3n) is 0. The first-order valence-corrected chi connectivity index (χ1v) is 2.82. The molecule has 0 aliphatic carbocycles. The average molecular weight is 221 g/mol. The molecule has 9 heavy (non-hydrogen) atoms. The van der Waals surface area contributed by atoms with Crippen molar-refractivity contribution in [1.29, 1.82) is 0 Å². The Morgan fingerprint density at radius 1 is 1.33 bits per heavy atom. The SMILES string of the molecule is CC(=O)[S-].C[C-](C)C.[Y]. The minimum absolute atomic E-state index is 0. The van der Waals surface area contributed by atoms with Crippen molar-refractivity contribution in [3.8, 4) is 0 Å². The number of carbonyl (C=O) groups excluding carboxylic acids is 1. The van der Waals surface area contributed by atoms with E-state index in [0.29, 0.717) is 0 Å². The molecule has 0 rings (SSSR count). The first-order valence-electron chi connectivity index (χ1n) is 2.41. The summed E-state index contributed by atoms with van der Waals surface area (Å²) in [4.78, 5) is 9.26. The molecule has 0 N–H and O–H groups in total. The number of hydrogen-bond acceptors (Lipinski definition) is 2. The Kier molecular flexibility index (Phi) is 21.6. The molecular weight excluding hydrogens is 209 g/mol. The van der Waals surface area contributed by atoms with Crippen LogP contribution in [0.5, 0.6) is 0 Å². The Hall–Kier alpha value is 0.994. The smallest absolute Gasteiger partial charge is 0.00878 e. The van der Waals surface area contributed by atoms with Crippen molar-refractivity contribution in [2.24, 2.45) is 0 Å². The zero-order chi connectivity index (χ0) is 7.15. The van der Waals surface area contributed by atoms with E-state index in [1.807, 2.05) is 0 Å². The Labute approximate surface area is 88.3 Å². The Morgan fingerprint density at radius 2 is 1.33 bits per heavy atom. The molecule has 1 nitrogen and oxygen atoms in total. The van der Waals surface area contributed by atoms with E-state index in [1.54, 1.807) is 0 Å². The summed E-state index contributed by atoms with van der Waals surface area (Å²) in [5.41, 5.74) is 0. The van der Waals surface area contributed by atoms with Crippen molar-refractivity contribution >= 4 is 17.7 Å². The third kappa shape index (κ3) is 445. The van der Waals surface area contributed by atoms with Gasteiger partial charge in [0.25, 0.3) is 0 Å². The van der Waals surface area contributed by atoms with E-state index in [4.69, 9.17) is 0 Å². The van der Waals surface area contributed by atoms with E-state index >= 15 is 0 Å². The van der Waals surface area contributed by atoms with Crippen LogP contribution in [0.15, 0.2) is 0 Å². The van der Waals surface area contributed by atoms with E-state index in [2.05, 4.69) is 33.4 Å². The van der Waals surface area contributed by atoms with Gasteiger partial charge in [0.1, 0.15) is 0 Å². The van der Waals surface area contributed by atoms with Crippen LogP contribution in [0, 0.1) is 5.92 Å². The molecule has 0 aromatic heterocycles. The predicted molar refractivity (Wildman–Crippen MR) is 38.3 cm³/mol. The summed E-state index contributed by atoms with van der Waals surface area (Å²) in [7, 11) is 0. The summed E-state index contributed by atoms with van der Waals surface area (Å²) in [5.74, 6) is 1.42. The molecule has 0 atom stereocenters. The van der Waals surface area contributed by atoms with Gasteiger partial charge >= 0.3 is 0 Å². The molecule has 53 valence electrons. The number of carbonyl (C=O) groups is 1. The normalized spacial score (nSPS) is 6.78. The molecule has 0 unspecified atom stereocenters. The topological polar surface area (TPSA) is 17.1 Å². The first-order chi connectivity index (χ1) is 3.46. The van der Waals surface area contributed by atoms with E-state index in [1.165, 1.54) is 12.8 Å². The fraction of sp³-hybridized carbons (Fsp3) is 0.667. The second-order valence-electron chi connectivity index (χ2n) is 1.99. The summed E-state index contributed by atoms with van der Waals surface area (Å²) in [6.45, 7) is 7.59. The Morgan fingerprint density at radius 3 is 1.33 bits per heavy atom. The van der Waals surface area contributed by atoms with Gasteiger partial charge in [-0.2, -0.15) is 20.8 Å². The molecule has 0 heterocycles. The van der Waals surface area contributed by atoms with Gasteiger partial charge < -0.3 is 23.3 Å². The molecule has 0 bridgehead atoms. The maximum absolute atomic E-state index is 9.26. The molecule has 0 fully saturated rings. The van der Waals surface area contributed by atoms with Crippen LogP contribution in [-0.4, -0.2) is 5.12 Å². The minimum atomic E-state index is -0.250. The third-order valence-corrected chi connectivity index (χ3v) is 0. The molecule has 0 saturated carbocycles. The van der Waals surface area contributed by atoms with E-state index < -0.39 is 0 Å². The van der Waals surface area contributed by atoms with Gasteiger partial charge in [-0.1, -0.05) is 0 Å². The van der Waals surface area contributed by atoms with Crippen LogP contribution in [0.1, 0.15) is 27.7 Å². The molecular formula is C6H12OSY-2. The molecule has 0 saturated heterocycles. The molecule has 1 radical (unpaired) electrons. The van der Waals surface area contributed by atoms with Gasteiger partial charge in [-0.15, -0.1) is 0 Å². The Balaban J connectivity index is -0.0000000720. The number of rotatable bonds is 0. The minimum Gasteiger partial charge on any atom is -0.742 e. The van der Waals surface area contributed by atoms with Crippen molar-refractivity contribution in [2.45, 2.75) is 27.7 Å². The molecule has 0 aromatic rings. The van der Waals surface area contributed by atoms with Crippen LogP contribution in [0.25, 0.3) is 0 Å². The molecule has 0 aromatic carbocycles. The van der Waals surface area contributed by atoms with Crippen molar-refractivity contribution < 1.29 is 37.5 Å². The van der Waals surface area contributed by atoms with Gasteiger partial charge in [-0.3, -0.25) is 0 Å². The fourth-order valence-electron chi connectivity index (χ4n) is 0. The van der Waals surface area contributed by atoms with Crippen LogP contribution in [-0.2, 0) is 50.1 Å². The van der Waals surface area contributed by atoms with Crippen LogP contribution in [0.2, 0.25) is 0 Å². The second-order valence-corrected chi connectivity index (χ2v) is 2.57. The average Bonchev–Trinajstić information content (AvgIpc) is 1.25. The van der Waals surface area contributed by atoms with Crippen molar-refractivity contribution in [2.75, 3.05) is 0 Å². The van der Waals surface area contributed by atoms with Gasteiger partial charge in [0.05, 0.1) is 0 Å². The van der Waals surface area contributed by atoms with Crippen LogP contribution in [0.3, 0.4) is 0 Å². The van der Waals surface area contributed by atoms with Gasteiger partial charge in [0.15, 0.2) is 0 Å². The molecule has 3 heteroatoms. The van der Waals surface area contributed by atoms with Gasteiger partial charge in [0.2, 0.25) is 0 Å². The van der Waals surface area contributed by atoms with Crippen LogP contribution >= 0.6 is 0 Å². The summed E-state index contributed by atoms with van der Waals surface area (Å²) < 4.78 is 0. The van der Waals surface area contributed by atoms with Crippen molar-refractivity contribution in [3.63, 3.8) is 0 Å². The molecule has 0 aliphatic heterocycles. The predicted octanol–water partition coefficient (Wildman–Crippen LogP) is 1.70. The van der Waals surface area contributed by atoms with Gasteiger partial charge in [-0.25, -0.2) is 0 Å². The number of hydrogen-bond donors (Lipinski definition) is 0. The maximum Gasteiger partial charge on any atom is 0.00878 e. The standard InChI is InChI=1S/C4H9.C2H4OS.Y/c1-4(2)3;1-2(3)4;/h1-3H3;1H3,(H,3,4);/q-1;;/p-1. The van der Waals surface area contributed by atoms with Crippen LogP contribution < -0.4 is 0 Å². The monoisotopic (exact) mass is 221 g/mol. The quantitative estimate of drug-likeness (QED) is 0.457. The summed E-state index contributed by atoms with van der Waals surface area (Å²) in [6.07, 6.45) is 0. The van der Waals surface area contributed by atoms with E-state index in [9.17, 15) is 4.79 Å². The zero-order valence-corrected chi connectivity index (χ0v) is 10.0. The molecule has 0 spiro atoms. The van der Waals surface area contributed by atoms with Crippen molar-refractivity contribution in [3.05, 3.63) is 5.92 Å². The van der Waals surface area contributed by atoms with E-state index in [0.717, 1.165) is 0 Å². The maximum atomic E-state index is 9.26. The molecule has 0 aliphatic rings.